The van der Waals surface area contributed by atoms with E-state index < -0.39 is 6.09 Å². The van der Waals surface area contributed by atoms with Gasteiger partial charge in [0.05, 0.1) is 12.6 Å². The van der Waals surface area contributed by atoms with E-state index in [1.165, 1.54) is 17.7 Å². The number of hydrogen-bond donors (Lipinski definition) is 2. The van der Waals surface area contributed by atoms with Crippen molar-refractivity contribution >= 4 is 17.4 Å². The van der Waals surface area contributed by atoms with Crippen LogP contribution in [0.3, 0.4) is 0 Å². The maximum atomic E-state index is 11.6. The molecule has 1 fully saturated rings. The lowest BCUT2D eigenvalue weighted by atomic mass is 9.97. The van der Waals surface area contributed by atoms with Crippen LogP contribution in [-0.2, 0) is 4.74 Å². The average Bonchev–Trinajstić information content (AvgIpc) is 3.05. The molecule has 1 aromatic heterocycles. The van der Waals surface area contributed by atoms with Crippen molar-refractivity contribution in [2.24, 2.45) is 5.92 Å². The first-order valence-electron chi connectivity index (χ1n) is 6.39. The summed E-state index contributed by atoms with van der Waals surface area (Å²) in [5, 5.41) is 13.6. The zero-order valence-electron chi connectivity index (χ0n) is 10.3. The van der Waals surface area contributed by atoms with Crippen LogP contribution in [-0.4, -0.2) is 24.4 Å². The summed E-state index contributed by atoms with van der Waals surface area (Å²) in [6.45, 7) is -0.0891. The van der Waals surface area contributed by atoms with Gasteiger partial charge in [-0.1, -0.05) is 18.9 Å². The van der Waals surface area contributed by atoms with Gasteiger partial charge in [-0.25, -0.2) is 4.79 Å². The minimum atomic E-state index is -0.436. The molecule has 100 valence electrons. The molecule has 0 radical (unpaired) electrons. The standard InChI is InChI=1S/C13H19NO3S/c15-7-8-17-13(16)14-12(10-4-1-2-5-10)11-6-3-9-18-11/h3,6,9-10,12,15H,1-2,4-5,7-8H2,(H,14,16). The molecule has 5 heteroatoms. The third-order valence-corrected chi connectivity index (χ3v) is 4.27. The first-order chi connectivity index (χ1) is 8.81. The minimum absolute atomic E-state index is 0.0493. The summed E-state index contributed by atoms with van der Waals surface area (Å²) in [5.74, 6) is 0.505. The summed E-state index contributed by atoms with van der Waals surface area (Å²) < 4.78 is 4.88. The summed E-state index contributed by atoms with van der Waals surface area (Å²) in [5.41, 5.74) is 0. The molecule has 0 aliphatic heterocycles. The third-order valence-electron chi connectivity index (χ3n) is 3.32. The van der Waals surface area contributed by atoms with Crippen LogP contribution in [0.15, 0.2) is 17.5 Å². The Labute approximate surface area is 111 Å². The number of aliphatic hydroxyl groups excluding tert-OH is 1. The van der Waals surface area contributed by atoms with E-state index in [4.69, 9.17) is 9.84 Å². The van der Waals surface area contributed by atoms with Gasteiger partial charge >= 0.3 is 6.09 Å². The molecular formula is C13H19NO3S. The molecule has 4 nitrogen and oxygen atoms in total. The molecule has 1 aliphatic carbocycles. The number of thiophene rings is 1. The molecule has 1 heterocycles. The molecule has 1 aromatic rings. The predicted octanol–water partition coefficient (Wildman–Crippen LogP) is 2.70. The fourth-order valence-electron chi connectivity index (χ4n) is 2.49. The van der Waals surface area contributed by atoms with Gasteiger partial charge in [0, 0.05) is 4.88 Å². The van der Waals surface area contributed by atoms with E-state index in [0.29, 0.717) is 5.92 Å². The van der Waals surface area contributed by atoms with E-state index in [1.54, 1.807) is 11.3 Å². The SMILES string of the molecule is O=C(NC(c1cccs1)C1CCCC1)OCCO. The van der Waals surface area contributed by atoms with E-state index >= 15 is 0 Å². The molecule has 2 N–H and O–H groups in total. The van der Waals surface area contributed by atoms with Crippen molar-refractivity contribution < 1.29 is 14.6 Å². The number of carbonyl (C=O) groups is 1. The molecule has 1 amide bonds. The lowest BCUT2D eigenvalue weighted by molar-refractivity contribution is 0.113. The predicted molar refractivity (Wildman–Crippen MR) is 70.6 cm³/mol. The van der Waals surface area contributed by atoms with Crippen LogP contribution in [0.25, 0.3) is 0 Å². The fraction of sp³-hybridized carbons (Fsp3) is 0.615. The second-order valence-corrected chi connectivity index (χ2v) is 5.52. The van der Waals surface area contributed by atoms with Gasteiger partial charge in [-0.3, -0.25) is 0 Å². The lowest BCUT2D eigenvalue weighted by Crippen LogP contribution is -2.33. The summed E-state index contributed by atoms with van der Waals surface area (Å²) in [4.78, 5) is 12.8. The number of alkyl carbamates (subject to hydrolysis) is 1. The maximum absolute atomic E-state index is 11.6. The van der Waals surface area contributed by atoms with Crippen LogP contribution in [0, 0.1) is 5.92 Å². The number of carbonyl (C=O) groups excluding carboxylic acids is 1. The second kappa shape index (κ2) is 6.75. The summed E-state index contributed by atoms with van der Waals surface area (Å²) in [6.07, 6.45) is 4.35. The highest BCUT2D eigenvalue weighted by Gasteiger charge is 2.28. The van der Waals surface area contributed by atoms with Gasteiger partial charge < -0.3 is 15.2 Å². The molecule has 0 bridgehead atoms. The second-order valence-electron chi connectivity index (χ2n) is 4.54. The van der Waals surface area contributed by atoms with Crippen molar-refractivity contribution in [3.8, 4) is 0 Å². The van der Waals surface area contributed by atoms with E-state index in [1.807, 2.05) is 11.4 Å². The normalized spacial score (nSPS) is 17.6. The van der Waals surface area contributed by atoms with Gasteiger partial charge in [0.25, 0.3) is 0 Å². The van der Waals surface area contributed by atoms with Crippen LogP contribution in [0.1, 0.15) is 36.6 Å². The Bertz CT molecular complexity index is 360. The number of rotatable bonds is 5. The zero-order chi connectivity index (χ0) is 12.8. The van der Waals surface area contributed by atoms with Crippen molar-refractivity contribution in [2.75, 3.05) is 13.2 Å². The van der Waals surface area contributed by atoms with Gasteiger partial charge in [-0.05, 0) is 30.2 Å². The first-order valence-corrected chi connectivity index (χ1v) is 7.27. The first kappa shape index (κ1) is 13.4. The number of nitrogens with one attached hydrogen (secondary N) is 1. The van der Waals surface area contributed by atoms with Crippen molar-refractivity contribution in [1.29, 1.82) is 0 Å². The van der Waals surface area contributed by atoms with Crippen molar-refractivity contribution in [1.82, 2.24) is 5.32 Å². The van der Waals surface area contributed by atoms with Gasteiger partial charge in [-0.2, -0.15) is 0 Å². The third kappa shape index (κ3) is 3.46. The fourth-order valence-corrected chi connectivity index (χ4v) is 3.36. The van der Waals surface area contributed by atoms with Crippen LogP contribution in [0.2, 0.25) is 0 Å². The molecule has 18 heavy (non-hydrogen) atoms. The molecular weight excluding hydrogens is 250 g/mol. The largest absolute Gasteiger partial charge is 0.447 e. The van der Waals surface area contributed by atoms with Crippen molar-refractivity contribution in [2.45, 2.75) is 31.7 Å². The van der Waals surface area contributed by atoms with Crippen LogP contribution in [0.4, 0.5) is 4.79 Å². The Morgan fingerprint density at radius 2 is 2.33 bits per heavy atom. The molecule has 1 aliphatic rings. The van der Waals surface area contributed by atoms with Crippen molar-refractivity contribution in [3.05, 3.63) is 22.4 Å². The van der Waals surface area contributed by atoms with Crippen LogP contribution in [0.5, 0.6) is 0 Å². The van der Waals surface area contributed by atoms with Gasteiger partial charge in [0.2, 0.25) is 0 Å². The molecule has 1 saturated carbocycles. The summed E-state index contributed by atoms with van der Waals surface area (Å²) >= 11 is 1.66. The van der Waals surface area contributed by atoms with E-state index in [0.717, 1.165) is 12.8 Å². The van der Waals surface area contributed by atoms with Crippen molar-refractivity contribution in [3.63, 3.8) is 0 Å². The molecule has 0 aromatic carbocycles. The Hall–Kier alpha value is -1.07. The highest BCUT2D eigenvalue weighted by atomic mass is 32.1. The highest BCUT2D eigenvalue weighted by Crippen LogP contribution is 2.37. The molecule has 2 rings (SSSR count). The average molecular weight is 269 g/mol. The maximum Gasteiger partial charge on any atom is 0.407 e. The molecule has 1 unspecified atom stereocenters. The summed E-state index contributed by atoms with van der Waals surface area (Å²) in [7, 11) is 0. The quantitative estimate of drug-likeness (QED) is 0.864. The van der Waals surface area contributed by atoms with Crippen LogP contribution >= 0.6 is 11.3 Å². The van der Waals surface area contributed by atoms with E-state index in [9.17, 15) is 4.79 Å². The molecule has 1 atom stereocenters. The smallest absolute Gasteiger partial charge is 0.407 e. The van der Waals surface area contributed by atoms with Gasteiger partial charge in [0.15, 0.2) is 0 Å². The number of aliphatic hydroxyl groups is 1. The molecule has 0 saturated heterocycles. The monoisotopic (exact) mass is 269 g/mol. The topological polar surface area (TPSA) is 58.6 Å². The Kier molecular flexibility index (Phi) is 5.01. The Balaban J connectivity index is 1.98. The van der Waals surface area contributed by atoms with E-state index in [2.05, 4.69) is 11.4 Å². The highest BCUT2D eigenvalue weighted by molar-refractivity contribution is 7.10. The zero-order valence-corrected chi connectivity index (χ0v) is 11.1. The number of ether oxygens (including phenoxy) is 1. The Morgan fingerprint density at radius 3 is 2.94 bits per heavy atom. The van der Waals surface area contributed by atoms with Crippen LogP contribution < -0.4 is 5.32 Å². The summed E-state index contributed by atoms with van der Waals surface area (Å²) in [6, 6.07) is 4.11. The minimum Gasteiger partial charge on any atom is -0.447 e. The van der Waals surface area contributed by atoms with Gasteiger partial charge in [0.1, 0.15) is 6.61 Å². The molecule has 0 spiro atoms. The number of hydrogen-bond acceptors (Lipinski definition) is 4. The number of amides is 1. The van der Waals surface area contributed by atoms with Gasteiger partial charge in [-0.15, -0.1) is 11.3 Å². The Morgan fingerprint density at radius 1 is 1.56 bits per heavy atom. The van der Waals surface area contributed by atoms with E-state index in [-0.39, 0.29) is 19.3 Å². The lowest BCUT2D eigenvalue weighted by Gasteiger charge is -2.23.